The minimum atomic E-state index is -0.0141. The molecule has 0 aliphatic heterocycles. The van der Waals surface area contributed by atoms with E-state index in [9.17, 15) is 4.79 Å². The maximum absolute atomic E-state index is 12.1. The van der Waals surface area contributed by atoms with E-state index in [1.807, 2.05) is 37.3 Å². The number of nitrogens with one attached hydrogen (secondary N) is 1. The van der Waals surface area contributed by atoms with Crippen molar-refractivity contribution >= 4 is 28.7 Å². The van der Waals surface area contributed by atoms with E-state index in [0.29, 0.717) is 12.3 Å². The molecule has 0 radical (unpaired) electrons. The van der Waals surface area contributed by atoms with Crippen molar-refractivity contribution in [3.8, 4) is 0 Å². The molecule has 0 aliphatic carbocycles. The monoisotopic (exact) mass is 340 g/mol. The molecule has 124 valence electrons. The summed E-state index contributed by atoms with van der Waals surface area (Å²) in [5.41, 5.74) is 4.05. The van der Waals surface area contributed by atoms with Crippen LogP contribution in [-0.2, 0) is 17.9 Å². The molecule has 1 aromatic carbocycles. The average Bonchev–Trinajstić information content (AvgIpc) is 2.96. The van der Waals surface area contributed by atoms with E-state index in [1.54, 1.807) is 6.20 Å². The lowest BCUT2D eigenvalue weighted by molar-refractivity contribution is -0.118. The molecule has 0 spiro atoms. The van der Waals surface area contributed by atoms with Gasteiger partial charge >= 0.3 is 0 Å². The van der Waals surface area contributed by atoms with Gasteiger partial charge in [0.2, 0.25) is 5.91 Å². The first-order chi connectivity index (χ1) is 11.7. The quantitative estimate of drug-likeness (QED) is 0.700. The van der Waals surface area contributed by atoms with Crippen molar-refractivity contribution in [3.63, 3.8) is 0 Å². The number of carbonyl (C=O) groups is 1. The van der Waals surface area contributed by atoms with E-state index >= 15 is 0 Å². The molecule has 0 atom stereocenters. The van der Waals surface area contributed by atoms with Gasteiger partial charge in [-0.25, -0.2) is 4.98 Å². The number of hydrogen-bond donors (Lipinski definition) is 1. The van der Waals surface area contributed by atoms with Crippen LogP contribution in [0, 0.1) is 6.92 Å². The van der Waals surface area contributed by atoms with E-state index < -0.39 is 0 Å². The van der Waals surface area contributed by atoms with Crippen LogP contribution in [0.15, 0.2) is 47.8 Å². The fourth-order valence-corrected chi connectivity index (χ4v) is 3.44. The number of rotatable bonds is 6. The maximum Gasteiger partial charge on any atom is 0.230 e. The lowest BCUT2D eigenvalue weighted by Crippen LogP contribution is -2.25. The number of aryl methyl sites for hydroxylation is 2. The predicted molar refractivity (Wildman–Crippen MR) is 97.0 cm³/mol. The Morgan fingerprint density at radius 3 is 2.88 bits per heavy atom. The van der Waals surface area contributed by atoms with Crippen LogP contribution in [0.5, 0.6) is 0 Å². The highest BCUT2D eigenvalue weighted by molar-refractivity contribution is 7.99. The summed E-state index contributed by atoms with van der Waals surface area (Å²) in [7, 11) is 0. The molecule has 2 heterocycles. The normalized spacial score (nSPS) is 10.9. The first-order valence-corrected chi connectivity index (χ1v) is 8.93. The largest absolute Gasteiger partial charge is 0.350 e. The summed E-state index contributed by atoms with van der Waals surface area (Å²) in [6.07, 6.45) is 1.74. The summed E-state index contributed by atoms with van der Waals surface area (Å²) in [5.74, 6) is 0.328. The minimum Gasteiger partial charge on any atom is -0.350 e. The van der Waals surface area contributed by atoms with Crippen LogP contribution < -0.4 is 5.32 Å². The van der Waals surface area contributed by atoms with E-state index in [0.717, 1.165) is 34.0 Å². The fourth-order valence-electron chi connectivity index (χ4n) is 2.54. The number of thioether (sulfide) groups is 1. The molecule has 0 unspecified atom stereocenters. The molecular formula is C18H20N4OS. The second-order valence-corrected chi connectivity index (χ2v) is 6.40. The number of amides is 1. The van der Waals surface area contributed by atoms with Gasteiger partial charge in [-0.15, -0.1) is 0 Å². The summed E-state index contributed by atoms with van der Waals surface area (Å²) in [5, 5.41) is 3.80. The van der Waals surface area contributed by atoms with E-state index in [1.165, 1.54) is 11.8 Å². The van der Waals surface area contributed by atoms with E-state index in [-0.39, 0.29) is 5.91 Å². The number of benzene rings is 1. The molecule has 1 N–H and O–H groups in total. The van der Waals surface area contributed by atoms with Crippen molar-refractivity contribution in [2.45, 2.75) is 32.1 Å². The van der Waals surface area contributed by atoms with Crippen LogP contribution in [0.2, 0.25) is 0 Å². The first kappa shape index (κ1) is 16.5. The van der Waals surface area contributed by atoms with Crippen LogP contribution >= 0.6 is 11.8 Å². The van der Waals surface area contributed by atoms with Crippen LogP contribution in [0.4, 0.5) is 0 Å². The SMILES string of the molecule is CCn1c(SCC(=O)NCc2ncccc2C)nc2ccccc21. The van der Waals surface area contributed by atoms with Crippen LogP contribution in [0.3, 0.4) is 0 Å². The third-order valence-electron chi connectivity index (χ3n) is 3.84. The minimum absolute atomic E-state index is 0.0141. The summed E-state index contributed by atoms with van der Waals surface area (Å²) in [6.45, 7) is 5.36. The van der Waals surface area contributed by atoms with Crippen molar-refractivity contribution in [1.29, 1.82) is 0 Å². The third kappa shape index (κ3) is 3.59. The predicted octanol–water partition coefficient (Wildman–Crippen LogP) is 3.17. The number of pyridine rings is 1. The zero-order chi connectivity index (χ0) is 16.9. The Morgan fingerprint density at radius 2 is 2.08 bits per heavy atom. The molecular weight excluding hydrogens is 320 g/mol. The summed E-state index contributed by atoms with van der Waals surface area (Å²) in [4.78, 5) is 21.0. The highest BCUT2D eigenvalue weighted by Crippen LogP contribution is 2.23. The van der Waals surface area contributed by atoms with Crippen molar-refractivity contribution in [1.82, 2.24) is 19.9 Å². The zero-order valence-corrected chi connectivity index (χ0v) is 14.6. The Kier molecular flexibility index (Phi) is 5.15. The van der Waals surface area contributed by atoms with Gasteiger partial charge in [0.05, 0.1) is 29.0 Å². The Labute approximate surface area is 145 Å². The van der Waals surface area contributed by atoms with E-state index in [4.69, 9.17) is 0 Å². The molecule has 0 saturated carbocycles. The van der Waals surface area contributed by atoms with Gasteiger partial charge in [-0.05, 0) is 37.6 Å². The second kappa shape index (κ2) is 7.49. The molecule has 6 heteroatoms. The number of nitrogens with zero attached hydrogens (tertiary/aromatic N) is 3. The molecule has 0 saturated heterocycles. The summed E-state index contributed by atoms with van der Waals surface area (Å²) in [6, 6.07) is 11.9. The summed E-state index contributed by atoms with van der Waals surface area (Å²) >= 11 is 1.46. The number of hydrogen-bond acceptors (Lipinski definition) is 4. The Hall–Kier alpha value is -2.34. The van der Waals surface area contributed by atoms with Gasteiger partial charge in [-0.1, -0.05) is 30.0 Å². The number of imidazole rings is 1. The number of para-hydroxylation sites is 2. The number of carbonyl (C=O) groups excluding carboxylic acids is 1. The molecule has 5 nitrogen and oxygen atoms in total. The lowest BCUT2D eigenvalue weighted by atomic mass is 10.2. The number of fused-ring (bicyclic) bond motifs is 1. The second-order valence-electron chi connectivity index (χ2n) is 5.46. The Bertz CT molecular complexity index is 859. The first-order valence-electron chi connectivity index (χ1n) is 7.94. The Balaban J connectivity index is 1.61. The molecule has 3 rings (SSSR count). The van der Waals surface area contributed by atoms with Gasteiger partial charge in [0.25, 0.3) is 0 Å². The van der Waals surface area contributed by atoms with Gasteiger partial charge in [0.15, 0.2) is 5.16 Å². The van der Waals surface area contributed by atoms with Crippen LogP contribution in [-0.4, -0.2) is 26.2 Å². The molecule has 3 aromatic rings. The van der Waals surface area contributed by atoms with Crippen molar-refractivity contribution in [2.75, 3.05) is 5.75 Å². The van der Waals surface area contributed by atoms with E-state index in [2.05, 4.69) is 32.8 Å². The molecule has 0 fully saturated rings. The topological polar surface area (TPSA) is 59.8 Å². The molecule has 0 bridgehead atoms. The van der Waals surface area contributed by atoms with Crippen LogP contribution in [0.25, 0.3) is 11.0 Å². The fraction of sp³-hybridized carbons (Fsp3) is 0.278. The number of aromatic nitrogens is 3. The van der Waals surface area contributed by atoms with Crippen molar-refractivity contribution in [3.05, 3.63) is 53.9 Å². The summed E-state index contributed by atoms with van der Waals surface area (Å²) < 4.78 is 2.14. The molecule has 1 amide bonds. The zero-order valence-electron chi connectivity index (χ0n) is 13.8. The lowest BCUT2D eigenvalue weighted by Gasteiger charge is -2.08. The van der Waals surface area contributed by atoms with Crippen LogP contribution in [0.1, 0.15) is 18.2 Å². The maximum atomic E-state index is 12.1. The van der Waals surface area contributed by atoms with Crippen molar-refractivity contribution < 1.29 is 4.79 Å². The van der Waals surface area contributed by atoms with Gasteiger partial charge in [0, 0.05) is 12.7 Å². The molecule has 2 aromatic heterocycles. The molecule has 0 aliphatic rings. The highest BCUT2D eigenvalue weighted by atomic mass is 32.2. The van der Waals surface area contributed by atoms with Gasteiger partial charge in [0.1, 0.15) is 0 Å². The smallest absolute Gasteiger partial charge is 0.230 e. The highest BCUT2D eigenvalue weighted by Gasteiger charge is 2.12. The van der Waals surface area contributed by atoms with Gasteiger partial charge in [-0.2, -0.15) is 0 Å². The van der Waals surface area contributed by atoms with Gasteiger partial charge in [-0.3, -0.25) is 9.78 Å². The molecule has 24 heavy (non-hydrogen) atoms. The van der Waals surface area contributed by atoms with Crippen molar-refractivity contribution in [2.24, 2.45) is 0 Å². The Morgan fingerprint density at radius 1 is 1.25 bits per heavy atom. The average molecular weight is 340 g/mol. The standard InChI is InChI=1S/C18H20N4OS/c1-3-22-16-9-5-4-8-14(16)21-18(22)24-12-17(23)20-11-15-13(2)7-6-10-19-15/h4-10H,3,11-12H2,1-2H3,(H,20,23). The van der Waals surface area contributed by atoms with Gasteiger partial charge < -0.3 is 9.88 Å². The third-order valence-corrected chi connectivity index (χ3v) is 4.82.